The van der Waals surface area contributed by atoms with Gasteiger partial charge in [-0.3, -0.25) is 4.79 Å². The summed E-state index contributed by atoms with van der Waals surface area (Å²) in [5, 5.41) is 0.578. The third kappa shape index (κ3) is 2.15. The number of carbonyl (C=O) groups excluding carboxylic acids is 1. The fourth-order valence-electron chi connectivity index (χ4n) is 3.46. The standard InChI is InChI=1S/C15H19ClN2O/c1-9-3-2-4-11(14(9)16)15(19)18-7-10-5-6-13(17)12(10)8-18/h2-4,10,12-13H,5-8,17H2,1H3. The minimum absolute atomic E-state index is 0.0512. The number of amides is 1. The van der Waals surface area contributed by atoms with Gasteiger partial charge in [-0.15, -0.1) is 0 Å². The van der Waals surface area contributed by atoms with Gasteiger partial charge in [-0.05, 0) is 43.2 Å². The van der Waals surface area contributed by atoms with Gasteiger partial charge in [0.15, 0.2) is 0 Å². The fourth-order valence-corrected chi connectivity index (χ4v) is 3.66. The Hall–Kier alpha value is -1.06. The Bertz CT molecular complexity index is 517. The average Bonchev–Trinajstić information content (AvgIpc) is 2.95. The molecule has 2 fully saturated rings. The number of rotatable bonds is 1. The number of hydrogen-bond donors (Lipinski definition) is 1. The van der Waals surface area contributed by atoms with Crippen molar-refractivity contribution < 1.29 is 4.79 Å². The second-order valence-corrected chi connectivity index (χ2v) is 6.19. The predicted octanol–water partition coefficient (Wildman–Crippen LogP) is 2.46. The molecule has 4 heteroatoms. The highest BCUT2D eigenvalue weighted by Crippen LogP contribution is 2.38. The minimum Gasteiger partial charge on any atom is -0.338 e. The number of carbonyl (C=O) groups is 1. The maximum atomic E-state index is 12.6. The number of benzene rings is 1. The molecule has 3 unspecified atom stereocenters. The van der Waals surface area contributed by atoms with Crippen molar-refractivity contribution in [3.05, 3.63) is 34.3 Å². The first-order valence-corrected chi connectivity index (χ1v) is 7.25. The molecule has 0 bridgehead atoms. The van der Waals surface area contributed by atoms with E-state index in [4.69, 9.17) is 17.3 Å². The number of nitrogens with two attached hydrogens (primary N) is 1. The predicted molar refractivity (Wildman–Crippen MR) is 76.3 cm³/mol. The van der Waals surface area contributed by atoms with Gasteiger partial charge in [0.25, 0.3) is 5.91 Å². The second kappa shape index (κ2) is 4.80. The van der Waals surface area contributed by atoms with Crippen molar-refractivity contribution in [1.29, 1.82) is 0 Å². The van der Waals surface area contributed by atoms with Gasteiger partial charge in [0.05, 0.1) is 10.6 Å². The minimum atomic E-state index is 0.0512. The Morgan fingerprint density at radius 2 is 2.16 bits per heavy atom. The molecule has 1 aromatic carbocycles. The number of aryl methyl sites for hydroxylation is 1. The summed E-state index contributed by atoms with van der Waals surface area (Å²) in [6.07, 6.45) is 2.25. The van der Waals surface area contributed by atoms with E-state index in [0.717, 1.165) is 31.5 Å². The van der Waals surface area contributed by atoms with Crippen molar-refractivity contribution in [2.24, 2.45) is 17.6 Å². The van der Waals surface area contributed by atoms with Crippen molar-refractivity contribution in [2.45, 2.75) is 25.8 Å². The summed E-state index contributed by atoms with van der Waals surface area (Å²) in [6.45, 7) is 3.55. The van der Waals surface area contributed by atoms with Crippen LogP contribution in [0.25, 0.3) is 0 Å². The molecule has 1 aliphatic heterocycles. The highest BCUT2D eigenvalue weighted by atomic mass is 35.5. The van der Waals surface area contributed by atoms with Gasteiger partial charge in [-0.25, -0.2) is 0 Å². The van der Waals surface area contributed by atoms with Crippen LogP contribution >= 0.6 is 11.6 Å². The Kier molecular flexibility index (Phi) is 3.27. The smallest absolute Gasteiger partial charge is 0.255 e. The van der Waals surface area contributed by atoms with Crippen LogP contribution in [0.4, 0.5) is 0 Å². The summed E-state index contributed by atoms with van der Waals surface area (Å²) < 4.78 is 0. The first-order chi connectivity index (χ1) is 9.08. The molecule has 1 amide bonds. The molecule has 3 nitrogen and oxygen atoms in total. The van der Waals surface area contributed by atoms with E-state index in [2.05, 4.69) is 0 Å². The SMILES string of the molecule is Cc1cccc(C(=O)N2CC3CCC(N)C3C2)c1Cl. The van der Waals surface area contributed by atoms with E-state index < -0.39 is 0 Å². The lowest BCUT2D eigenvalue weighted by atomic mass is 9.98. The fraction of sp³-hybridized carbons (Fsp3) is 0.533. The second-order valence-electron chi connectivity index (χ2n) is 5.81. The van der Waals surface area contributed by atoms with Gasteiger partial charge in [0.1, 0.15) is 0 Å². The highest BCUT2D eigenvalue weighted by Gasteiger charge is 2.42. The lowest BCUT2D eigenvalue weighted by molar-refractivity contribution is 0.0779. The third-order valence-corrected chi connectivity index (χ3v) is 5.12. The zero-order chi connectivity index (χ0) is 13.6. The molecule has 1 aromatic rings. The summed E-state index contributed by atoms with van der Waals surface area (Å²) in [5.74, 6) is 1.12. The van der Waals surface area contributed by atoms with E-state index in [1.807, 2.05) is 30.0 Å². The maximum absolute atomic E-state index is 12.6. The molecule has 0 spiro atoms. The molecule has 1 heterocycles. The van der Waals surface area contributed by atoms with Crippen LogP contribution < -0.4 is 5.73 Å². The normalized spacial score (nSPS) is 29.6. The molecule has 3 rings (SSSR count). The van der Waals surface area contributed by atoms with Crippen LogP contribution in [0.5, 0.6) is 0 Å². The third-order valence-electron chi connectivity index (χ3n) is 4.62. The maximum Gasteiger partial charge on any atom is 0.255 e. The van der Waals surface area contributed by atoms with Gasteiger partial charge in [0.2, 0.25) is 0 Å². The number of halogens is 1. The summed E-state index contributed by atoms with van der Waals surface area (Å²) in [6, 6.07) is 5.88. The molecule has 1 saturated carbocycles. The molecule has 19 heavy (non-hydrogen) atoms. The Balaban J connectivity index is 1.81. The number of nitrogens with zero attached hydrogens (tertiary/aromatic N) is 1. The number of fused-ring (bicyclic) bond motifs is 1. The quantitative estimate of drug-likeness (QED) is 0.858. The van der Waals surface area contributed by atoms with E-state index in [9.17, 15) is 4.79 Å². The van der Waals surface area contributed by atoms with Crippen LogP contribution in [0.15, 0.2) is 18.2 Å². The lowest BCUT2D eigenvalue weighted by Crippen LogP contribution is -2.33. The van der Waals surface area contributed by atoms with Crippen molar-refractivity contribution in [3.63, 3.8) is 0 Å². The molecule has 0 aromatic heterocycles. The van der Waals surface area contributed by atoms with Crippen molar-refractivity contribution in [2.75, 3.05) is 13.1 Å². The van der Waals surface area contributed by atoms with Gasteiger partial charge in [0, 0.05) is 19.1 Å². The van der Waals surface area contributed by atoms with Crippen molar-refractivity contribution >= 4 is 17.5 Å². The molecule has 2 aliphatic rings. The highest BCUT2D eigenvalue weighted by molar-refractivity contribution is 6.34. The van der Waals surface area contributed by atoms with E-state index in [1.54, 1.807) is 0 Å². The molecule has 0 radical (unpaired) electrons. The summed E-state index contributed by atoms with van der Waals surface area (Å²) in [5.41, 5.74) is 7.68. The Labute approximate surface area is 118 Å². The summed E-state index contributed by atoms with van der Waals surface area (Å²) in [7, 11) is 0. The molecule has 102 valence electrons. The van der Waals surface area contributed by atoms with Gasteiger partial charge in [-0.1, -0.05) is 23.7 Å². The van der Waals surface area contributed by atoms with Crippen LogP contribution in [0.2, 0.25) is 5.02 Å². The number of likely N-dealkylation sites (tertiary alicyclic amines) is 1. The summed E-state index contributed by atoms with van der Waals surface area (Å²) in [4.78, 5) is 14.5. The lowest BCUT2D eigenvalue weighted by Gasteiger charge is -2.19. The first kappa shape index (κ1) is 12.9. The van der Waals surface area contributed by atoms with E-state index in [0.29, 0.717) is 22.4 Å². The Morgan fingerprint density at radius 1 is 1.37 bits per heavy atom. The Morgan fingerprint density at radius 3 is 2.89 bits per heavy atom. The molecule has 1 aliphatic carbocycles. The molecular formula is C15H19ClN2O. The number of hydrogen-bond acceptors (Lipinski definition) is 2. The first-order valence-electron chi connectivity index (χ1n) is 6.88. The average molecular weight is 279 g/mol. The van der Waals surface area contributed by atoms with Gasteiger partial charge < -0.3 is 10.6 Å². The monoisotopic (exact) mass is 278 g/mol. The largest absolute Gasteiger partial charge is 0.338 e. The van der Waals surface area contributed by atoms with Crippen LogP contribution in [0.1, 0.15) is 28.8 Å². The van der Waals surface area contributed by atoms with Crippen LogP contribution in [-0.4, -0.2) is 29.9 Å². The van der Waals surface area contributed by atoms with Crippen molar-refractivity contribution in [3.8, 4) is 0 Å². The van der Waals surface area contributed by atoms with Crippen molar-refractivity contribution in [1.82, 2.24) is 4.90 Å². The van der Waals surface area contributed by atoms with E-state index in [-0.39, 0.29) is 11.9 Å². The molecule has 2 N–H and O–H groups in total. The zero-order valence-corrected chi connectivity index (χ0v) is 11.9. The van der Waals surface area contributed by atoms with E-state index >= 15 is 0 Å². The van der Waals surface area contributed by atoms with Gasteiger partial charge in [-0.2, -0.15) is 0 Å². The van der Waals surface area contributed by atoms with E-state index in [1.165, 1.54) is 0 Å². The summed E-state index contributed by atoms with van der Waals surface area (Å²) >= 11 is 6.24. The molecular weight excluding hydrogens is 260 g/mol. The topological polar surface area (TPSA) is 46.3 Å². The molecule has 1 saturated heterocycles. The van der Waals surface area contributed by atoms with Crippen LogP contribution in [-0.2, 0) is 0 Å². The molecule has 3 atom stereocenters. The zero-order valence-electron chi connectivity index (χ0n) is 11.1. The van der Waals surface area contributed by atoms with Gasteiger partial charge >= 0.3 is 0 Å². The van der Waals surface area contributed by atoms with Crippen LogP contribution in [0.3, 0.4) is 0 Å². The van der Waals surface area contributed by atoms with Crippen LogP contribution in [0, 0.1) is 18.8 Å².